The van der Waals surface area contributed by atoms with E-state index in [1.165, 1.54) is 24.8 Å². The van der Waals surface area contributed by atoms with E-state index in [2.05, 4.69) is 12.2 Å². The van der Waals surface area contributed by atoms with Crippen LogP contribution in [0.2, 0.25) is 0 Å². The second-order valence-electron chi connectivity index (χ2n) is 8.44. The second-order valence-corrected chi connectivity index (χ2v) is 8.44. The first-order valence-corrected chi connectivity index (χ1v) is 10.5. The van der Waals surface area contributed by atoms with Crippen LogP contribution in [0.5, 0.6) is 23.0 Å². The summed E-state index contributed by atoms with van der Waals surface area (Å²) >= 11 is 0. The Kier molecular flexibility index (Phi) is 6.74. The number of Topliss-reactive ketones (excluding diaryl/α,β-unsaturated/α-hetero) is 1. The summed E-state index contributed by atoms with van der Waals surface area (Å²) in [6.07, 6.45) is 5.70. The Hall–Kier alpha value is -3.21. The van der Waals surface area contributed by atoms with Gasteiger partial charge >= 0.3 is 0 Å². The highest BCUT2D eigenvalue weighted by molar-refractivity contribution is 6.04. The largest absolute Gasteiger partial charge is 0.508 e. The van der Waals surface area contributed by atoms with Crippen LogP contribution in [0, 0.1) is 11.8 Å². The lowest BCUT2D eigenvalue weighted by molar-refractivity contribution is 0.0844. The maximum Gasteiger partial charge on any atom is 0.174 e. The lowest BCUT2D eigenvalue weighted by Gasteiger charge is -2.37. The van der Waals surface area contributed by atoms with Crippen LogP contribution >= 0.6 is 0 Å². The van der Waals surface area contributed by atoms with Gasteiger partial charge in [-0.2, -0.15) is 0 Å². The van der Waals surface area contributed by atoms with Crippen LogP contribution in [0.3, 0.4) is 0 Å². The Morgan fingerprint density at radius 3 is 2.39 bits per heavy atom. The fraction of sp³-hybridized carbons (Fsp3) is 0.346. The molecule has 0 bridgehead atoms. The summed E-state index contributed by atoms with van der Waals surface area (Å²) in [7, 11) is 1.41. The third-order valence-electron chi connectivity index (χ3n) is 6.08. The molecule has 0 amide bonds. The number of hydrogen-bond donors (Lipinski definition) is 3. The van der Waals surface area contributed by atoms with Crippen LogP contribution in [0.4, 0.5) is 0 Å². The maximum atomic E-state index is 13.9. The first-order valence-electron chi connectivity index (χ1n) is 10.5. The molecule has 1 aliphatic carbocycles. The summed E-state index contributed by atoms with van der Waals surface area (Å²) < 4.78 is 5.34. The molecule has 3 atom stereocenters. The predicted octanol–water partition coefficient (Wildman–Crippen LogP) is 5.72. The van der Waals surface area contributed by atoms with Gasteiger partial charge in [0.1, 0.15) is 28.6 Å². The summed E-state index contributed by atoms with van der Waals surface area (Å²) in [5, 5.41) is 30.1. The van der Waals surface area contributed by atoms with Crippen molar-refractivity contribution >= 4 is 5.78 Å². The quantitative estimate of drug-likeness (QED) is 0.410. The number of phenols is 3. The van der Waals surface area contributed by atoms with Gasteiger partial charge in [0.15, 0.2) is 5.78 Å². The minimum absolute atomic E-state index is 0.0483. The lowest BCUT2D eigenvalue weighted by atomic mass is 9.65. The van der Waals surface area contributed by atoms with Gasteiger partial charge in [-0.3, -0.25) is 4.79 Å². The highest BCUT2D eigenvalue weighted by Crippen LogP contribution is 2.47. The molecule has 5 nitrogen and oxygen atoms in total. The van der Waals surface area contributed by atoms with Crippen molar-refractivity contribution in [3.63, 3.8) is 0 Å². The molecule has 0 aromatic heterocycles. The van der Waals surface area contributed by atoms with Crippen molar-refractivity contribution in [1.29, 1.82) is 0 Å². The first kappa shape index (κ1) is 22.5. The summed E-state index contributed by atoms with van der Waals surface area (Å²) in [4.78, 5) is 13.9. The molecule has 3 unspecified atom stereocenters. The summed E-state index contributed by atoms with van der Waals surface area (Å²) in [6.45, 7) is 6.11. The average molecular weight is 423 g/mol. The molecule has 0 heterocycles. The first-order chi connectivity index (χ1) is 14.7. The Morgan fingerprint density at radius 1 is 1.10 bits per heavy atom. The van der Waals surface area contributed by atoms with Gasteiger partial charge < -0.3 is 20.1 Å². The van der Waals surface area contributed by atoms with E-state index < -0.39 is 5.92 Å². The molecule has 0 saturated carbocycles. The van der Waals surface area contributed by atoms with Crippen molar-refractivity contribution in [3.8, 4) is 23.0 Å². The van der Waals surface area contributed by atoms with Crippen molar-refractivity contribution in [2.75, 3.05) is 7.11 Å². The Morgan fingerprint density at radius 2 is 1.77 bits per heavy atom. The zero-order valence-corrected chi connectivity index (χ0v) is 18.4. The highest BCUT2D eigenvalue weighted by Gasteiger charge is 2.41. The lowest BCUT2D eigenvalue weighted by Crippen LogP contribution is -2.33. The molecular weight excluding hydrogens is 392 g/mol. The number of phenolic OH excluding ortho intramolecular Hbond substituents is 3. The van der Waals surface area contributed by atoms with Crippen molar-refractivity contribution in [3.05, 3.63) is 70.8 Å². The molecule has 3 rings (SSSR count). The second kappa shape index (κ2) is 9.29. The van der Waals surface area contributed by atoms with E-state index in [1.807, 2.05) is 32.9 Å². The van der Waals surface area contributed by atoms with Crippen LogP contribution in [0.25, 0.3) is 0 Å². The highest BCUT2D eigenvalue weighted by atomic mass is 16.5. The molecule has 0 spiro atoms. The number of aromatic hydroxyl groups is 3. The molecule has 5 heteroatoms. The molecule has 3 N–H and O–H groups in total. The smallest absolute Gasteiger partial charge is 0.174 e. The number of carbonyl (C=O) groups excluding carboxylic acids is 1. The van der Waals surface area contributed by atoms with Gasteiger partial charge in [-0.25, -0.2) is 0 Å². The van der Waals surface area contributed by atoms with E-state index in [0.717, 1.165) is 11.1 Å². The van der Waals surface area contributed by atoms with Gasteiger partial charge in [0, 0.05) is 18.1 Å². The number of hydrogen-bond acceptors (Lipinski definition) is 5. The van der Waals surface area contributed by atoms with Crippen molar-refractivity contribution in [2.45, 2.75) is 39.5 Å². The van der Waals surface area contributed by atoms with E-state index in [9.17, 15) is 20.1 Å². The molecule has 1 aliphatic rings. The van der Waals surface area contributed by atoms with Crippen molar-refractivity contribution in [1.82, 2.24) is 0 Å². The molecule has 0 aliphatic heterocycles. The normalized spacial score (nSPS) is 20.6. The summed E-state index contributed by atoms with van der Waals surface area (Å²) in [5.41, 5.74) is 3.37. The number of ether oxygens (including phenoxy) is 1. The van der Waals surface area contributed by atoms with Gasteiger partial charge in [-0.15, -0.1) is 0 Å². The molecule has 2 aromatic carbocycles. The predicted molar refractivity (Wildman–Crippen MR) is 121 cm³/mol. The molecule has 31 heavy (non-hydrogen) atoms. The van der Waals surface area contributed by atoms with E-state index in [4.69, 9.17) is 4.74 Å². The molecule has 0 radical (unpaired) electrons. The zero-order chi connectivity index (χ0) is 22.7. The Bertz CT molecular complexity index is 1010. The van der Waals surface area contributed by atoms with Gasteiger partial charge in [-0.1, -0.05) is 35.4 Å². The standard InChI is InChI=1S/C26H30O5/c1-15(2)5-11-20-16(3)6-12-21(17-7-9-18(27)10-8-17)24(20)26(30)25-22(29)13-19(28)14-23(25)31-4/h5-10,13-14,20-21,24,27-29H,11-12H2,1-4H3. The fourth-order valence-electron chi connectivity index (χ4n) is 4.46. The number of carbonyl (C=O) groups is 1. The molecule has 2 aromatic rings. The minimum atomic E-state index is -0.436. The van der Waals surface area contributed by atoms with Crippen LogP contribution in [0.15, 0.2) is 59.7 Å². The number of ketones is 1. The van der Waals surface area contributed by atoms with Gasteiger partial charge in [0.2, 0.25) is 0 Å². The third kappa shape index (κ3) is 4.76. The zero-order valence-electron chi connectivity index (χ0n) is 18.4. The molecule has 164 valence electrons. The van der Waals surface area contributed by atoms with E-state index in [0.29, 0.717) is 12.8 Å². The van der Waals surface area contributed by atoms with Crippen LogP contribution in [0.1, 0.15) is 55.5 Å². The monoisotopic (exact) mass is 422 g/mol. The third-order valence-corrected chi connectivity index (χ3v) is 6.08. The van der Waals surface area contributed by atoms with Gasteiger partial charge in [-0.05, 0) is 63.1 Å². The molecule has 0 saturated heterocycles. The van der Waals surface area contributed by atoms with Crippen LogP contribution in [-0.2, 0) is 0 Å². The summed E-state index contributed by atoms with van der Waals surface area (Å²) in [5.74, 6) is -0.950. The number of rotatable bonds is 6. The van der Waals surface area contributed by atoms with Gasteiger partial charge in [0.05, 0.1) is 7.11 Å². The van der Waals surface area contributed by atoms with E-state index >= 15 is 0 Å². The number of benzene rings is 2. The number of methoxy groups -OCH3 is 1. The maximum absolute atomic E-state index is 13.9. The SMILES string of the molecule is COc1cc(O)cc(O)c1C(=O)C1C(CC=C(C)C)C(C)=CCC1c1ccc(O)cc1. The topological polar surface area (TPSA) is 87.0 Å². The van der Waals surface area contributed by atoms with E-state index in [-0.39, 0.29) is 46.2 Å². The van der Waals surface area contributed by atoms with Crippen molar-refractivity contribution < 1.29 is 24.9 Å². The number of allylic oxidation sites excluding steroid dienone is 4. The minimum Gasteiger partial charge on any atom is -0.508 e. The fourth-order valence-corrected chi connectivity index (χ4v) is 4.46. The molecular formula is C26H30O5. The van der Waals surface area contributed by atoms with Gasteiger partial charge in [0.25, 0.3) is 0 Å². The van der Waals surface area contributed by atoms with Crippen LogP contribution in [-0.4, -0.2) is 28.2 Å². The average Bonchev–Trinajstić information content (AvgIpc) is 2.72. The Labute approximate surface area is 183 Å². The summed E-state index contributed by atoms with van der Waals surface area (Å²) in [6, 6.07) is 9.47. The van der Waals surface area contributed by atoms with Crippen LogP contribution < -0.4 is 4.74 Å². The Balaban J connectivity index is 2.15. The van der Waals surface area contributed by atoms with Crippen molar-refractivity contribution in [2.24, 2.45) is 11.8 Å². The molecule has 0 fully saturated rings. The van der Waals surface area contributed by atoms with E-state index in [1.54, 1.807) is 12.1 Å².